The van der Waals surface area contributed by atoms with Crippen molar-refractivity contribution in [2.24, 2.45) is 0 Å². The summed E-state index contributed by atoms with van der Waals surface area (Å²) in [5.74, 6) is 0.0886. The summed E-state index contributed by atoms with van der Waals surface area (Å²) in [5, 5.41) is 18.6. The molecule has 0 saturated heterocycles. The Morgan fingerprint density at radius 2 is 2.05 bits per heavy atom. The third-order valence-electron chi connectivity index (χ3n) is 3.10. The first kappa shape index (κ1) is 15.0. The minimum Gasteiger partial charge on any atom is -0.489 e. The first-order valence-electron chi connectivity index (χ1n) is 6.60. The molecule has 0 aromatic heterocycles. The largest absolute Gasteiger partial charge is 0.489 e. The normalized spacial score (nSPS) is 11.8. The summed E-state index contributed by atoms with van der Waals surface area (Å²) in [6.07, 6.45) is -0.651. The molecule has 4 heteroatoms. The van der Waals surface area contributed by atoms with Crippen LogP contribution < -0.4 is 4.74 Å². The Bertz CT molecular complexity index is 690. The first-order chi connectivity index (χ1) is 9.99. The van der Waals surface area contributed by atoms with Gasteiger partial charge >= 0.3 is 0 Å². The third kappa shape index (κ3) is 3.80. The fourth-order valence-electron chi connectivity index (χ4n) is 2.09. The topological polar surface area (TPSA) is 53.2 Å². The van der Waals surface area contributed by atoms with Gasteiger partial charge in [-0.05, 0) is 49.7 Å². The van der Waals surface area contributed by atoms with Crippen LogP contribution in [0, 0.1) is 24.1 Å². The Kier molecular flexibility index (Phi) is 4.56. The van der Waals surface area contributed by atoms with Crippen LogP contribution >= 0.6 is 0 Å². The van der Waals surface area contributed by atoms with Gasteiger partial charge in [-0.3, -0.25) is 0 Å². The molecule has 3 nitrogen and oxygen atoms in total. The number of benzene rings is 2. The van der Waals surface area contributed by atoms with Gasteiger partial charge in [0.1, 0.15) is 18.2 Å². The van der Waals surface area contributed by atoms with Crippen LogP contribution in [0.1, 0.15) is 35.3 Å². The minimum absolute atomic E-state index is 0.134. The molecule has 2 aromatic rings. The lowest BCUT2D eigenvalue weighted by Crippen LogP contribution is -2.02. The molecule has 2 aromatic carbocycles. The first-order valence-corrected chi connectivity index (χ1v) is 6.60. The predicted octanol–water partition coefficient (Wildman–Crippen LogP) is 3.64. The van der Waals surface area contributed by atoms with Crippen molar-refractivity contribution >= 4 is 0 Å². The van der Waals surface area contributed by atoms with Crippen LogP contribution in [0.4, 0.5) is 4.39 Å². The number of nitrogens with zero attached hydrogens (tertiary/aromatic N) is 1. The number of hydrogen-bond acceptors (Lipinski definition) is 3. The van der Waals surface area contributed by atoms with Crippen LogP contribution in [0.5, 0.6) is 5.75 Å². The summed E-state index contributed by atoms with van der Waals surface area (Å²) in [5.41, 5.74) is 2.54. The highest BCUT2D eigenvalue weighted by molar-refractivity contribution is 5.39. The molecule has 0 fully saturated rings. The summed E-state index contributed by atoms with van der Waals surface area (Å²) in [6, 6.07) is 11.5. The number of aryl methyl sites for hydroxylation is 1. The Morgan fingerprint density at radius 1 is 1.29 bits per heavy atom. The summed E-state index contributed by atoms with van der Waals surface area (Å²) in [6.45, 7) is 3.73. The van der Waals surface area contributed by atoms with Crippen molar-refractivity contribution in [1.29, 1.82) is 5.26 Å². The number of ether oxygens (including phenoxy) is 1. The number of halogens is 1. The molecule has 0 radical (unpaired) electrons. The van der Waals surface area contributed by atoms with E-state index in [0.717, 1.165) is 5.56 Å². The Labute approximate surface area is 123 Å². The van der Waals surface area contributed by atoms with E-state index in [9.17, 15) is 9.50 Å². The molecule has 1 N–H and O–H groups in total. The van der Waals surface area contributed by atoms with E-state index in [1.807, 2.05) is 25.1 Å². The zero-order chi connectivity index (χ0) is 15.4. The number of hydrogen-bond donors (Lipinski definition) is 1. The number of rotatable bonds is 4. The van der Waals surface area contributed by atoms with Crippen molar-refractivity contribution < 1.29 is 14.2 Å². The molecule has 0 aliphatic heterocycles. The van der Waals surface area contributed by atoms with Gasteiger partial charge in [-0.25, -0.2) is 4.39 Å². The van der Waals surface area contributed by atoms with Crippen molar-refractivity contribution in [3.63, 3.8) is 0 Å². The maximum atomic E-state index is 13.4. The summed E-state index contributed by atoms with van der Waals surface area (Å²) in [4.78, 5) is 0. The van der Waals surface area contributed by atoms with Crippen LogP contribution in [0.2, 0.25) is 0 Å². The van der Waals surface area contributed by atoms with Crippen LogP contribution in [0.3, 0.4) is 0 Å². The maximum Gasteiger partial charge on any atom is 0.125 e. The molecular formula is C17H16FNO2. The van der Waals surface area contributed by atoms with Gasteiger partial charge in [0.2, 0.25) is 0 Å². The van der Waals surface area contributed by atoms with E-state index < -0.39 is 11.9 Å². The molecule has 0 heterocycles. The van der Waals surface area contributed by atoms with Gasteiger partial charge in [-0.15, -0.1) is 0 Å². The van der Waals surface area contributed by atoms with E-state index in [-0.39, 0.29) is 12.2 Å². The smallest absolute Gasteiger partial charge is 0.125 e. The number of aliphatic hydroxyl groups excluding tert-OH is 1. The summed E-state index contributed by atoms with van der Waals surface area (Å²) >= 11 is 0. The zero-order valence-corrected chi connectivity index (χ0v) is 11.9. The third-order valence-corrected chi connectivity index (χ3v) is 3.10. The van der Waals surface area contributed by atoms with Gasteiger partial charge in [-0.2, -0.15) is 5.26 Å². The van der Waals surface area contributed by atoms with Gasteiger partial charge in [0, 0.05) is 5.56 Å². The molecule has 1 atom stereocenters. The monoisotopic (exact) mass is 285 g/mol. The maximum absolute atomic E-state index is 13.4. The molecule has 1 unspecified atom stereocenters. The lowest BCUT2D eigenvalue weighted by Gasteiger charge is -2.14. The van der Waals surface area contributed by atoms with E-state index in [2.05, 4.69) is 0 Å². The number of aliphatic hydroxyl groups is 1. The van der Waals surface area contributed by atoms with Crippen LogP contribution in [-0.4, -0.2) is 5.11 Å². The Hall–Kier alpha value is -2.38. The summed E-state index contributed by atoms with van der Waals surface area (Å²) < 4.78 is 19.0. The van der Waals surface area contributed by atoms with E-state index in [0.29, 0.717) is 16.9 Å². The molecule has 0 bridgehead atoms. The predicted molar refractivity (Wildman–Crippen MR) is 77.3 cm³/mol. The van der Waals surface area contributed by atoms with Crippen LogP contribution in [0.25, 0.3) is 0 Å². The van der Waals surface area contributed by atoms with Gasteiger partial charge in [0.25, 0.3) is 0 Å². The molecule has 0 spiro atoms. The minimum atomic E-state index is -0.651. The van der Waals surface area contributed by atoms with Gasteiger partial charge in [0.15, 0.2) is 0 Å². The second kappa shape index (κ2) is 6.38. The second-order valence-electron chi connectivity index (χ2n) is 4.97. The lowest BCUT2D eigenvalue weighted by molar-refractivity contribution is 0.190. The average Bonchev–Trinajstić information content (AvgIpc) is 2.45. The highest BCUT2D eigenvalue weighted by Gasteiger charge is 2.10. The van der Waals surface area contributed by atoms with E-state index in [1.54, 1.807) is 19.1 Å². The fraction of sp³-hybridized carbons (Fsp3) is 0.235. The molecule has 0 aliphatic rings. The standard InChI is InChI=1S/C17H16FNO2/c1-11-3-4-17(16(5-11)12(2)20)21-10-14-6-13(9-19)7-15(18)8-14/h3-8,12,20H,10H2,1-2H3. The Balaban J connectivity index is 2.21. The van der Waals surface area contributed by atoms with Crippen molar-refractivity contribution in [1.82, 2.24) is 0 Å². The van der Waals surface area contributed by atoms with Gasteiger partial charge in [0.05, 0.1) is 17.7 Å². The van der Waals surface area contributed by atoms with Crippen molar-refractivity contribution in [2.75, 3.05) is 0 Å². The van der Waals surface area contributed by atoms with Crippen LogP contribution in [0.15, 0.2) is 36.4 Å². The van der Waals surface area contributed by atoms with E-state index >= 15 is 0 Å². The van der Waals surface area contributed by atoms with E-state index in [4.69, 9.17) is 10.00 Å². The second-order valence-corrected chi connectivity index (χ2v) is 4.97. The van der Waals surface area contributed by atoms with E-state index in [1.165, 1.54) is 12.1 Å². The molecule has 2 rings (SSSR count). The Morgan fingerprint density at radius 3 is 2.71 bits per heavy atom. The average molecular weight is 285 g/mol. The van der Waals surface area contributed by atoms with Gasteiger partial charge in [-0.1, -0.05) is 11.6 Å². The van der Waals surface area contributed by atoms with Crippen molar-refractivity contribution in [3.8, 4) is 11.8 Å². The zero-order valence-electron chi connectivity index (χ0n) is 11.9. The van der Waals surface area contributed by atoms with Crippen molar-refractivity contribution in [3.05, 3.63) is 64.5 Å². The SMILES string of the molecule is Cc1ccc(OCc2cc(F)cc(C#N)c2)c(C(C)O)c1. The van der Waals surface area contributed by atoms with Crippen molar-refractivity contribution in [2.45, 2.75) is 26.6 Å². The molecule has 0 saturated carbocycles. The fourth-order valence-corrected chi connectivity index (χ4v) is 2.09. The molecule has 0 amide bonds. The summed E-state index contributed by atoms with van der Waals surface area (Å²) in [7, 11) is 0. The quantitative estimate of drug-likeness (QED) is 0.933. The highest BCUT2D eigenvalue weighted by atomic mass is 19.1. The molecule has 21 heavy (non-hydrogen) atoms. The van der Waals surface area contributed by atoms with Gasteiger partial charge < -0.3 is 9.84 Å². The molecule has 0 aliphatic carbocycles. The van der Waals surface area contributed by atoms with Crippen LogP contribution in [-0.2, 0) is 6.61 Å². The lowest BCUT2D eigenvalue weighted by atomic mass is 10.1. The highest BCUT2D eigenvalue weighted by Crippen LogP contribution is 2.27. The molecular weight excluding hydrogens is 269 g/mol. The molecule has 108 valence electrons. The number of nitriles is 1.